The van der Waals surface area contributed by atoms with Crippen molar-refractivity contribution in [1.29, 1.82) is 0 Å². The van der Waals surface area contributed by atoms with Gasteiger partial charge in [0.2, 0.25) is 0 Å². The molecule has 2 N–H and O–H groups in total. The van der Waals surface area contributed by atoms with Crippen LogP contribution in [0, 0.1) is 6.92 Å². The number of guanidine groups is 1. The Balaban J connectivity index is 0.00000420. The number of sulfone groups is 1. The highest BCUT2D eigenvalue weighted by Crippen LogP contribution is 2.30. The fourth-order valence-electron chi connectivity index (χ4n) is 2.73. The molecule has 0 amide bonds. The molecule has 0 saturated heterocycles. The third-order valence-electron chi connectivity index (χ3n) is 3.94. The maximum absolute atomic E-state index is 13.0. The molecule has 0 radical (unpaired) electrons. The van der Waals surface area contributed by atoms with E-state index in [1.165, 1.54) is 26.4 Å². The summed E-state index contributed by atoms with van der Waals surface area (Å²) in [5.74, 6) is 0.307. The van der Waals surface area contributed by atoms with E-state index in [2.05, 4.69) is 20.7 Å². The SMILES string of the molecule is CN=C(NCc1ccc(S(C)(=O)=O)c(C)c1)NCc1cn(C)nc1C(F)(F)F.I. The molecule has 2 rings (SSSR count). The predicted molar refractivity (Wildman–Crippen MR) is 115 cm³/mol. The molecule has 0 fully saturated rings. The normalized spacial score (nSPS) is 12.4. The molecule has 1 aromatic carbocycles. The lowest BCUT2D eigenvalue weighted by molar-refractivity contribution is -0.142. The van der Waals surface area contributed by atoms with Crippen LogP contribution < -0.4 is 10.6 Å². The van der Waals surface area contributed by atoms with Gasteiger partial charge in [-0.15, -0.1) is 24.0 Å². The maximum Gasteiger partial charge on any atom is 0.435 e. The van der Waals surface area contributed by atoms with Gasteiger partial charge in [-0.05, 0) is 24.1 Å². The van der Waals surface area contributed by atoms with Crippen LogP contribution in [0.15, 0.2) is 34.3 Å². The maximum atomic E-state index is 13.0. The number of aromatic nitrogens is 2. The van der Waals surface area contributed by atoms with E-state index < -0.39 is 21.7 Å². The standard InChI is InChI=1S/C17H22F3N5O2S.HI/c1-11-7-12(5-6-14(11)28(4,26)27)8-22-16(21-2)23-9-13-10-25(3)24-15(13)17(18,19)20;/h5-7,10H,8-9H2,1-4H3,(H2,21,22,23);1H. The molecule has 162 valence electrons. The number of nitrogens with one attached hydrogen (secondary N) is 2. The number of hydrogen-bond acceptors (Lipinski definition) is 4. The Morgan fingerprint density at radius 3 is 2.38 bits per heavy atom. The summed E-state index contributed by atoms with van der Waals surface area (Å²) in [6.07, 6.45) is -2.09. The number of aliphatic imine (C=N–C) groups is 1. The van der Waals surface area contributed by atoms with Crippen LogP contribution in [-0.4, -0.2) is 37.5 Å². The summed E-state index contributed by atoms with van der Waals surface area (Å²) < 4.78 is 63.4. The van der Waals surface area contributed by atoms with Crippen LogP contribution in [0.25, 0.3) is 0 Å². The van der Waals surface area contributed by atoms with Gasteiger partial charge in [-0.25, -0.2) is 8.42 Å². The van der Waals surface area contributed by atoms with E-state index in [1.807, 2.05) is 0 Å². The molecular weight excluding hydrogens is 522 g/mol. The molecule has 0 unspecified atom stereocenters. The lowest BCUT2D eigenvalue weighted by atomic mass is 10.1. The van der Waals surface area contributed by atoms with Crippen molar-refractivity contribution in [2.75, 3.05) is 13.3 Å². The van der Waals surface area contributed by atoms with Gasteiger partial charge >= 0.3 is 6.18 Å². The van der Waals surface area contributed by atoms with Crippen molar-refractivity contribution in [2.45, 2.75) is 31.1 Å². The summed E-state index contributed by atoms with van der Waals surface area (Å²) in [6.45, 7) is 1.92. The molecule has 0 bridgehead atoms. The van der Waals surface area contributed by atoms with Crippen molar-refractivity contribution < 1.29 is 21.6 Å². The first-order valence-electron chi connectivity index (χ1n) is 8.25. The first kappa shape index (κ1) is 25.2. The number of halogens is 4. The second-order valence-corrected chi connectivity index (χ2v) is 8.31. The summed E-state index contributed by atoms with van der Waals surface area (Å²) in [5, 5.41) is 9.27. The third kappa shape index (κ3) is 6.87. The van der Waals surface area contributed by atoms with Gasteiger partial charge in [0.15, 0.2) is 21.5 Å². The molecule has 1 aromatic heterocycles. The Morgan fingerprint density at radius 1 is 1.24 bits per heavy atom. The molecule has 0 atom stereocenters. The zero-order valence-corrected chi connectivity index (χ0v) is 19.5. The molecule has 0 aliphatic carbocycles. The fourth-order valence-corrected chi connectivity index (χ4v) is 3.69. The van der Waals surface area contributed by atoms with Gasteiger partial charge in [0.1, 0.15) is 0 Å². The molecule has 1 heterocycles. The molecular formula is C17H23F3IN5O2S. The van der Waals surface area contributed by atoms with E-state index in [0.717, 1.165) is 16.5 Å². The predicted octanol–water partition coefficient (Wildman–Crippen LogP) is 2.63. The van der Waals surface area contributed by atoms with Crippen LogP contribution in [0.3, 0.4) is 0 Å². The average molecular weight is 545 g/mol. The summed E-state index contributed by atoms with van der Waals surface area (Å²) >= 11 is 0. The number of hydrogen-bond donors (Lipinski definition) is 2. The van der Waals surface area contributed by atoms with Crippen LogP contribution >= 0.6 is 24.0 Å². The quantitative estimate of drug-likeness (QED) is 0.343. The molecule has 0 spiro atoms. The lowest BCUT2D eigenvalue weighted by Crippen LogP contribution is -2.36. The summed E-state index contributed by atoms with van der Waals surface area (Å²) in [6, 6.07) is 4.94. The molecule has 12 heteroatoms. The molecule has 0 saturated carbocycles. The molecule has 0 aliphatic rings. The highest BCUT2D eigenvalue weighted by atomic mass is 127. The zero-order chi connectivity index (χ0) is 21.1. The van der Waals surface area contributed by atoms with Gasteiger partial charge in [-0.1, -0.05) is 12.1 Å². The topological polar surface area (TPSA) is 88.4 Å². The lowest BCUT2D eigenvalue weighted by Gasteiger charge is -2.13. The van der Waals surface area contributed by atoms with Gasteiger partial charge in [0, 0.05) is 45.2 Å². The largest absolute Gasteiger partial charge is 0.435 e. The highest BCUT2D eigenvalue weighted by Gasteiger charge is 2.36. The minimum atomic E-state index is -4.53. The van der Waals surface area contributed by atoms with Crippen LogP contribution in [0.2, 0.25) is 0 Å². The van der Waals surface area contributed by atoms with Gasteiger partial charge in [-0.3, -0.25) is 9.67 Å². The van der Waals surface area contributed by atoms with E-state index in [4.69, 9.17) is 0 Å². The Kier molecular flexibility index (Phi) is 8.50. The summed E-state index contributed by atoms with van der Waals surface area (Å²) in [5.41, 5.74) is 0.497. The summed E-state index contributed by atoms with van der Waals surface area (Å²) in [7, 11) is -0.370. The molecule has 29 heavy (non-hydrogen) atoms. The van der Waals surface area contributed by atoms with Crippen molar-refractivity contribution in [3.05, 3.63) is 46.8 Å². The van der Waals surface area contributed by atoms with Gasteiger partial charge < -0.3 is 10.6 Å². The van der Waals surface area contributed by atoms with Crippen molar-refractivity contribution in [3.8, 4) is 0 Å². The van der Waals surface area contributed by atoms with E-state index in [0.29, 0.717) is 18.1 Å². The Hall–Kier alpha value is -1.83. The van der Waals surface area contributed by atoms with Crippen LogP contribution in [0.5, 0.6) is 0 Å². The fraction of sp³-hybridized carbons (Fsp3) is 0.412. The minimum Gasteiger partial charge on any atom is -0.352 e. The second-order valence-electron chi connectivity index (χ2n) is 6.33. The number of nitrogens with zero attached hydrogens (tertiary/aromatic N) is 3. The van der Waals surface area contributed by atoms with Crippen LogP contribution in [-0.2, 0) is 36.2 Å². The molecule has 0 aliphatic heterocycles. The second kappa shape index (κ2) is 9.78. The zero-order valence-electron chi connectivity index (χ0n) is 16.3. The monoisotopic (exact) mass is 545 g/mol. The molecule has 7 nitrogen and oxygen atoms in total. The van der Waals surface area contributed by atoms with Crippen molar-refractivity contribution in [3.63, 3.8) is 0 Å². The average Bonchev–Trinajstić information content (AvgIpc) is 2.95. The van der Waals surface area contributed by atoms with Gasteiger partial charge in [0.25, 0.3) is 0 Å². The van der Waals surface area contributed by atoms with Gasteiger partial charge in [0.05, 0.1) is 4.90 Å². The van der Waals surface area contributed by atoms with Crippen molar-refractivity contribution >= 4 is 39.8 Å². The highest BCUT2D eigenvalue weighted by molar-refractivity contribution is 14.0. The van der Waals surface area contributed by atoms with Crippen LogP contribution in [0.1, 0.15) is 22.4 Å². The first-order chi connectivity index (χ1) is 12.9. The van der Waals surface area contributed by atoms with Gasteiger partial charge in [-0.2, -0.15) is 18.3 Å². The number of alkyl halides is 3. The van der Waals surface area contributed by atoms with E-state index in [1.54, 1.807) is 19.1 Å². The first-order valence-corrected chi connectivity index (χ1v) is 10.1. The minimum absolute atomic E-state index is 0. The Morgan fingerprint density at radius 2 is 1.86 bits per heavy atom. The Labute approximate surface area is 184 Å². The van der Waals surface area contributed by atoms with Crippen molar-refractivity contribution in [2.24, 2.45) is 12.0 Å². The van der Waals surface area contributed by atoms with E-state index in [-0.39, 0.29) is 41.0 Å². The Bertz CT molecular complexity index is 987. The third-order valence-corrected chi connectivity index (χ3v) is 5.20. The number of benzene rings is 1. The number of aryl methyl sites for hydroxylation is 2. The van der Waals surface area contributed by atoms with Crippen molar-refractivity contribution in [1.82, 2.24) is 20.4 Å². The van der Waals surface area contributed by atoms with E-state index in [9.17, 15) is 21.6 Å². The number of rotatable bonds is 5. The summed E-state index contributed by atoms with van der Waals surface area (Å²) in [4.78, 5) is 4.25. The van der Waals surface area contributed by atoms with Crippen LogP contribution in [0.4, 0.5) is 13.2 Å². The smallest absolute Gasteiger partial charge is 0.352 e. The van der Waals surface area contributed by atoms with E-state index >= 15 is 0 Å². The molecule has 2 aromatic rings.